The lowest BCUT2D eigenvalue weighted by atomic mass is 10.2. The average molecular weight is 312 g/mol. The van der Waals surface area contributed by atoms with Crippen LogP contribution in [0, 0.1) is 19.7 Å². The van der Waals surface area contributed by atoms with E-state index >= 15 is 0 Å². The summed E-state index contributed by atoms with van der Waals surface area (Å²) in [6, 6.07) is 2.24. The predicted molar refractivity (Wildman–Crippen MR) is 77.7 cm³/mol. The third kappa shape index (κ3) is 3.59. The number of nitrogen functional groups attached to an aromatic ring is 1. The van der Waals surface area contributed by atoms with Gasteiger partial charge in [0, 0.05) is 18.4 Å². The Bertz CT molecular complexity index is 756. The van der Waals surface area contributed by atoms with Crippen LogP contribution in [0.5, 0.6) is 0 Å². The van der Waals surface area contributed by atoms with Crippen molar-refractivity contribution in [1.82, 2.24) is 14.5 Å². The van der Waals surface area contributed by atoms with Gasteiger partial charge >= 0.3 is 0 Å². The molecule has 0 bridgehead atoms. The number of rotatable bonds is 5. The fourth-order valence-corrected chi connectivity index (χ4v) is 2.95. The largest absolute Gasteiger partial charge is 0.398 e. The van der Waals surface area contributed by atoms with E-state index in [4.69, 9.17) is 5.73 Å². The maximum atomic E-state index is 13.8. The second-order valence-corrected chi connectivity index (χ2v) is 6.55. The van der Waals surface area contributed by atoms with Crippen LogP contribution in [0.4, 0.5) is 10.1 Å². The van der Waals surface area contributed by atoms with Crippen LogP contribution < -0.4 is 10.5 Å². The summed E-state index contributed by atoms with van der Waals surface area (Å²) in [5, 5.41) is 4.04. The lowest BCUT2D eigenvalue weighted by Crippen LogP contribution is -2.28. The molecule has 6 nitrogen and oxygen atoms in total. The molecule has 1 aromatic carbocycles. The van der Waals surface area contributed by atoms with Crippen LogP contribution in [0.1, 0.15) is 11.1 Å². The Morgan fingerprint density at radius 2 is 2.10 bits per heavy atom. The van der Waals surface area contributed by atoms with Gasteiger partial charge in [0.25, 0.3) is 0 Å². The summed E-state index contributed by atoms with van der Waals surface area (Å²) < 4.78 is 41.9. The van der Waals surface area contributed by atoms with Crippen molar-refractivity contribution in [1.29, 1.82) is 0 Å². The standard InChI is InChI=1S/C13H17FN4O2S/c1-9-7-16-18(8-9)4-3-17-21(19,20)13-6-12(15)10(2)5-11(13)14/h5-8,17H,3-4,15H2,1-2H3. The summed E-state index contributed by atoms with van der Waals surface area (Å²) in [6.45, 7) is 3.97. The van der Waals surface area contributed by atoms with Gasteiger partial charge in [-0.2, -0.15) is 5.10 Å². The van der Waals surface area contributed by atoms with Gasteiger partial charge in [0.2, 0.25) is 10.0 Å². The number of benzene rings is 1. The molecule has 0 fully saturated rings. The number of anilines is 1. The molecule has 114 valence electrons. The summed E-state index contributed by atoms with van der Waals surface area (Å²) in [5.41, 5.74) is 7.35. The molecule has 1 aromatic heterocycles. The maximum Gasteiger partial charge on any atom is 0.243 e. The van der Waals surface area contributed by atoms with E-state index in [1.54, 1.807) is 24.0 Å². The second kappa shape index (κ2) is 5.82. The Labute approximate surface area is 122 Å². The molecule has 0 atom stereocenters. The molecule has 1 heterocycles. The van der Waals surface area contributed by atoms with Crippen molar-refractivity contribution >= 4 is 15.7 Å². The smallest absolute Gasteiger partial charge is 0.243 e. The molecule has 2 aromatic rings. The van der Waals surface area contributed by atoms with Gasteiger partial charge in [0.1, 0.15) is 10.7 Å². The third-order valence-corrected chi connectivity index (χ3v) is 4.48. The van der Waals surface area contributed by atoms with Crippen molar-refractivity contribution in [2.45, 2.75) is 25.3 Å². The molecular weight excluding hydrogens is 295 g/mol. The first-order valence-corrected chi connectivity index (χ1v) is 7.82. The summed E-state index contributed by atoms with van der Waals surface area (Å²) >= 11 is 0. The number of hydrogen-bond acceptors (Lipinski definition) is 4. The number of nitrogens with zero attached hydrogens (tertiary/aromatic N) is 2. The van der Waals surface area contributed by atoms with E-state index in [0.717, 1.165) is 17.7 Å². The van der Waals surface area contributed by atoms with Gasteiger partial charge in [-0.25, -0.2) is 17.5 Å². The van der Waals surface area contributed by atoms with Crippen LogP contribution in [0.2, 0.25) is 0 Å². The molecular formula is C13H17FN4O2S. The Kier molecular flexibility index (Phi) is 4.29. The molecule has 2 rings (SSSR count). The molecule has 0 saturated heterocycles. The molecule has 0 radical (unpaired) electrons. The quantitative estimate of drug-likeness (QED) is 0.812. The van der Waals surface area contributed by atoms with Gasteiger partial charge in [-0.05, 0) is 37.1 Å². The minimum atomic E-state index is -3.94. The summed E-state index contributed by atoms with van der Waals surface area (Å²) in [6.07, 6.45) is 3.47. The number of halogens is 1. The Balaban J connectivity index is 2.10. The van der Waals surface area contributed by atoms with E-state index in [1.807, 2.05) is 6.92 Å². The van der Waals surface area contributed by atoms with E-state index in [1.165, 1.54) is 0 Å². The predicted octanol–water partition coefficient (Wildman–Crippen LogP) is 1.20. The van der Waals surface area contributed by atoms with Crippen molar-refractivity contribution < 1.29 is 12.8 Å². The fraction of sp³-hybridized carbons (Fsp3) is 0.308. The van der Waals surface area contributed by atoms with Crippen LogP contribution in [0.25, 0.3) is 0 Å². The highest BCUT2D eigenvalue weighted by atomic mass is 32.2. The van der Waals surface area contributed by atoms with Gasteiger partial charge in [0.15, 0.2) is 0 Å². The minimum absolute atomic E-state index is 0.108. The molecule has 0 aliphatic carbocycles. The molecule has 21 heavy (non-hydrogen) atoms. The zero-order valence-corrected chi connectivity index (χ0v) is 12.6. The summed E-state index contributed by atoms with van der Waals surface area (Å²) in [7, 11) is -3.94. The Hall–Kier alpha value is -1.93. The maximum absolute atomic E-state index is 13.8. The van der Waals surface area contributed by atoms with Gasteiger partial charge < -0.3 is 5.73 Å². The van der Waals surface area contributed by atoms with Gasteiger partial charge in [-0.15, -0.1) is 0 Å². The first kappa shape index (κ1) is 15.5. The van der Waals surface area contributed by atoms with Crippen LogP contribution in [0.3, 0.4) is 0 Å². The average Bonchev–Trinajstić information content (AvgIpc) is 2.79. The van der Waals surface area contributed by atoms with E-state index in [-0.39, 0.29) is 12.2 Å². The minimum Gasteiger partial charge on any atom is -0.398 e. The number of nitrogens with one attached hydrogen (secondary N) is 1. The van der Waals surface area contributed by atoms with Crippen molar-refractivity contribution in [2.75, 3.05) is 12.3 Å². The van der Waals surface area contributed by atoms with Crippen LogP contribution in [0.15, 0.2) is 29.4 Å². The SMILES string of the molecule is Cc1cnn(CCNS(=O)(=O)c2cc(N)c(C)cc2F)c1. The highest BCUT2D eigenvalue weighted by molar-refractivity contribution is 7.89. The molecule has 3 N–H and O–H groups in total. The molecule has 0 amide bonds. The zero-order chi connectivity index (χ0) is 15.6. The summed E-state index contributed by atoms with van der Waals surface area (Å²) in [4.78, 5) is -0.442. The second-order valence-electron chi connectivity index (χ2n) is 4.82. The zero-order valence-electron chi connectivity index (χ0n) is 11.8. The van der Waals surface area contributed by atoms with Crippen LogP contribution in [-0.4, -0.2) is 24.7 Å². The molecule has 0 saturated carbocycles. The van der Waals surface area contributed by atoms with E-state index < -0.39 is 20.7 Å². The van der Waals surface area contributed by atoms with Gasteiger partial charge in [-0.3, -0.25) is 4.68 Å². The molecule has 0 unspecified atom stereocenters. The Morgan fingerprint density at radius 1 is 1.38 bits per heavy atom. The summed E-state index contributed by atoms with van der Waals surface area (Å²) in [5.74, 6) is -0.816. The van der Waals surface area contributed by atoms with Crippen molar-refractivity contribution in [2.24, 2.45) is 0 Å². The molecule has 0 aliphatic rings. The van der Waals surface area contributed by atoms with Crippen molar-refractivity contribution in [3.8, 4) is 0 Å². The number of sulfonamides is 1. The lowest BCUT2D eigenvalue weighted by molar-refractivity contribution is 0.545. The highest BCUT2D eigenvalue weighted by Crippen LogP contribution is 2.21. The number of nitrogens with two attached hydrogens (primary N) is 1. The van der Waals surface area contributed by atoms with E-state index in [0.29, 0.717) is 12.1 Å². The fourth-order valence-electron chi connectivity index (χ4n) is 1.84. The molecule has 0 spiro atoms. The van der Waals surface area contributed by atoms with Crippen molar-refractivity contribution in [3.63, 3.8) is 0 Å². The topological polar surface area (TPSA) is 90.0 Å². The number of hydrogen-bond donors (Lipinski definition) is 2. The van der Waals surface area contributed by atoms with Crippen LogP contribution >= 0.6 is 0 Å². The number of aromatic nitrogens is 2. The third-order valence-electron chi connectivity index (χ3n) is 3.01. The monoisotopic (exact) mass is 312 g/mol. The first-order valence-electron chi connectivity index (χ1n) is 6.34. The van der Waals surface area contributed by atoms with Gasteiger partial charge in [0.05, 0.1) is 12.7 Å². The van der Waals surface area contributed by atoms with Gasteiger partial charge in [-0.1, -0.05) is 0 Å². The first-order chi connectivity index (χ1) is 9.79. The Morgan fingerprint density at radius 3 is 2.71 bits per heavy atom. The van der Waals surface area contributed by atoms with Crippen LogP contribution in [-0.2, 0) is 16.6 Å². The van der Waals surface area contributed by atoms with E-state index in [9.17, 15) is 12.8 Å². The molecule has 8 heteroatoms. The van der Waals surface area contributed by atoms with Crippen molar-refractivity contribution in [3.05, 3.63) is 41.5 Å². The van der Waals surface area contributed by atoms with E-state index in [2.05, 4.69) is 9.82 Å². The number of aryl methyl sites for hydroxylation is 2. The normalized spacial score (nSPS) is 11.8. The highest BCUT2D eigenvalue weighted by Gasteiger charge is 2.19. The lowest BCUT2D eigenvalue weighted by Gasteiger charge is -2.10. The molecule has 0 aliphatic heterocycles.